The van der Waals surface area contributed by atoms with Gasteiger partial charge in [0.2, 0.25) is 0 Å². The summed E-state index contributed by atoms with van der Waals surface area (Å²) in [5.41, 5.74) is 7.62. The number of carbonyl (C=O) groups excluding carboxylic acids is 2. The second-order valence-electron chi connectivity index (χ2n) is 11.1. The average molecular weight is 638 g/mol. The van der Waals surface area contributed by atoms with Crippen molar-refractivity contribution in [1.29, 1.82) is 0 Å². The number of nitro benzene ring substituents is 1. The van der Waals surface area contributed by atoms with E-state index >= 15 is 0 Å². The van der Waals surface area contributed by atoms with E-state index in [1.165, 1.54) is 23.5 Å². The van der Waals surface area contributed by atoms with Crippen molar-refractivity contribution < 1.29 is 14.5 Å². The molecule has 47 heavy (non-hydrogen) atoms. The SMILES string of the molecule is O=C(Nc1ccc(-c2csc(NC(=O)c3c4c(nc5ccccc35)/C(=C\c3ccc([N+](=O)[O-])cc3)CCC4)n2)cc1)c1ccccc1. The number of hydrogen-bond acceptors (Lipinski definition) is 7. The Kier molecular flexibility index (Phi) is 8.07. The molecule has 2 aromatic heterocycles. The molecule has 0 aliphatic heterocycles. The van der Waals surface area contributed by atoms with Gasteiger partial charge in [0, 0.05) is 39.7 Å². The minimum absolute atomic E-state index is 0.0361. The molecule has 7 rings (SSSR count). The molecule has 0 fully saturated rings. The van der Waals surface area contributed by atoms with Crippen LogP contribution in [0.4, 0.5) is 16.5 Å². The lowest BCUT2D eigenvalue weighted by molar-refractivity contribution is -0.384. The van der Waals surface area contributed by atoms with Gasteiger partial charge in [-0.3, -0.25) is 25.0 Å². The van der Waals surface area contributed by atoms with Gasteiger partial charge in [-0.1, -0.05) is 48.5 Å². The van der Waals surface area contributed by atoms with Gasteiger partial charge in [-0.2, -0.15) is 0 Å². The molecular weight excluding hydrogens is 611 g/mol. The van der Waals surface area contributed by atoms with E-state index in [1.54, 1.807) is 24.3 Å². The third-order valence-corrected chi connectivity index (χ3v) is 8.80. The third kappa shape index (κ3) is 6.27. The lowest BCUT2D eigenvalue weighted by Gasteiger charge is -2.22. The maximum atomic E-state index is 14.0. The zero-order chi connectivity index (χ0) is 32.3. The first-order chi connectivity index (χ1) is 22.9. The number of para-hydroxylation sites is 1. The number of hydrogen-bond donors (Lipinski definition) is 2. The van der Waals surface area contributed by atoms with E-state index < -0.39 is 4.92 Å². The summed E-state index contributed by atoms with van der Waals surface area (Å²) < 4.78 is 0. The lowest BCUT2D eigenvalue weighted by atomic mass is 9.85. The lowest BCUT2D eigenvalue weighted by Crippen LogP contribution is -2.18. The van der Waals surface area contributed by atoms with Crippen molar-refractivity contribution in [3.63, 3.8) is 0 Å². The van der Waals surface area contributed by atoms with Crippen LogP contribution in [0.25, 0.3) is 33.8 Å². The van der Waals surface area contributed by atoms with Crippen molar-refractivity contribution >= 4 is 62.2 Å². The number of benzene rings is 4. The molecule has 0 unspecified atom stereocenters. The number of fused-ring (bicyclic) bond motifs is 2. The predicted molar refractivity (Wildman–Crippen MR) is 186 cm³/mol. The summed E-state index contributed by atoms with van der Waals surface area (Å²) in [5.74, 6) is -0.437. The highest BCUT2D eigenvalue weighted by Crippen LogP contribution is 2.37. The summed E-state index contributed by atoms with van der Waals surface area (Å²) in [4.78, 5) is 46.8. The highest BCUT2D eigenvalue weighted by atomic mass is 32.1. The number of aromatic nitrogens is 2. The van der Waals surface area contributed by atoms with Crippen LogP contribution in [0.1, 0.15) is 50.4 Å². The van der Waals surface area contributed by atoms with Gasteiger partial charge >= 0.3 is 0 Å². The molecule has 10 heteroatoms. The summed E-state index contributed by atoms with van der Waals surface area (Å²) in [7, 11) is 0. The Morgan fingerprint density at radius 3 is 2.32 bits per heavy atom. The Morgan fingerprint density at radius 1 is 0.809 bits per heavy atom. The van der Waals surface area contributed by atoms with Crippen molar-refractivity contribution in [2.75, 3.05) is 10.6 Å². The molecule has 0 saturated heterocycles. The molecule has 0 spiro atoms. The number of rotatable bonds is 7. The van der Waals surface area contributed by atoms with E-state index in [2.05, 4.69) is 10.6 Å². The van der Waals surface area contributed by atoms with Crippen LogP contribution in [-0.4, -0.2) is 26.7 Å². The molecular formula is C37H27N5O4S. The molecule has 1 aliphatic carbocycles. The molecule has 0 atom stereocenters. The largest absolute Gasteiger partial charge is 0.322 e. The molecule has 0 bridgehead atoms. The summed E-state index contributed by atoms with van der Waals surface area (Å²) in [6.45, 7) is 0. The zero-order valence-corrected chi connectivity index (χ0v) is 25.8. The summed E-state index contributed by atoms with van der Waals surface area (Å²) >= 11 is 1.34. The van der Waals surface area contributed by atoms with Crippen LogP contribution in [0.2, 0.25) is 0 Å². The van der Waals surface area contributed by atoms with Gasteiger partial charge in [0.1, 0.15) is 0 Å². The number of nitrogens with one attached hydrogen (secondary N) is 2. The van der Waals surface area contributed by atoms with Gasteiger partial charge < -0.3 is 5.32 Å². The second-order valence-corrected chi connectivity index (χ2v) is 12.0. The van der Waals surface area contributed by atoms with Crippen molar-refractivity contribution in [3.05, 3.63) is 147 Å². The van der Waals surface area contributed by atoms with Crippen LogP contribution in [-0.2, 0) is 6.42 Å². The van der Waals surface area contributed by atoms with Crippen LogP contribution >= 0.6 is 11.3 Å². The first kappa shape index (κ1) is 29.7. The molecule has 4 aromatic carbocycles. The number of non-ortho nitro benzene ring substituents is 1. The van der Waals surface area contributed by atoms with Gasteiger partial charge in [0.25, 0.3) is 17.5 Å². The molecule has 2 amide bonds. The number of allylic oxidation sites excluding steroid dienone is 1. The number of pyridine rings is 1. The summed E-state index contributed by atoms with van der Waals surface area (Å²) in [5, 5.41) is 20.2. The molecule has 0 saturated carbocycles. The minimum Gasteiger partial charge on any atom is -0.322 e. The van der Waals surface area contributed by atoms with Crippen LogP contribution in [0, 0.1) is 10.1 Å². The van der Waals surface area contributed by atoms with Gasteiger partial charge in [-0.25, -0.2) is 9.97 Å². The molecule has 0 radical (unpaired) electrons. The Morgan fingerprint density at radius 2 is 1.55 bits per heavy atom. The fourth-order valence-electron chi connectivity index (χ4n) is 5.77. The van der Waals surface area contributed by atoms with Crippen molar-refractivity contribution in [3.8, 4) is 11.3 Å². The highest BCUT2D eigenvalue weighted by Gasteiger charge is 2.26. The van der Waals surface area contributed by atoms with Crippen molar-refractivity contribution in [2.24, 2.45) is 0 Å². The summed E-state index contributed by atoms with van der Waals surface area (Å²) in [6.07, 6.45) is 4.32. The van der Waals surface area contributed by atoms with E-state index in [1.807, 2.05) is 78.2 Å². The van der Waals surface area contributed by atoms with E-state index in [0.717, 1.165) is 46.2 Å². The first-order valence-electron chi connectivity index (χ1n) is 15.0. The minimum atomic E-state index is -0.415. The van der Waals surface area contributed by atoms with E-state index in [-0.39, 0.29) is 17.5 Å². The van der Waals surface area contributed by atoms with Crippen LogP contribution in [0.15, 0.2) is 109 Å². The second kappa shape index (κ2) is 12.8. The van der Waals surface area contributed by atoms with Crippen LogP contribution in [0.5, 0.6) is 0 Å². The number of carbonyl (C=O) groups is 2. The zero-order valence-electron chi connectivity index (χ0n) is 25.0. The maximum absolute atomic E-state index is 14.0. The smallest absolute Gasteiger partial charge is 0.269 e. The monoisotopic (exact) mass is 637 g/mol. The van der Waals surface area contributed by atoms with Gasteiger partial charge in [0.05, 0.1) is 27.4 Å². The average Bonchev–Trinajstić information content (AvgIpc) is 3.56. The fourth-order valence-corrected chi connectivity index (χ4v) is 6.48. The highest BCUT2D eigenvalue weighted by molar-refractivity contribution is 7.14. The summed E-state index contributed by atoms with van der Waals surface area (Å²) in [6, 6.07) is 30.5. The molecule has 230 valence electrons. The number of anilines is 2. The number of nitro groups is 1. The first-order valence-corrected chi connectivity index (χ1v) is 15.9. The van der Waals surface area contributed by atoms with Crippen LogP contribution < -0.4 is 10.6 Å². The molecule has 1 aliphatic rings. The van der Waals surface area contributed by atoms with E-state index in [9.17, 15) is 19.7 Å². The quantitative estimate of drug-likeness (QED) is 0.133. The number of amides is 2. The van der Waals surface area contributed by atoms with Crippen molar-refractivity contribution in [1.82, 2.24) is 9.97 Å². The van der Waals surface area contributed by atoms with Crippen molar-refractivity contribution in [2.45, 2.75) is 19.3 Å². The fraction of sp³-hybridized carbons (Fsp3) is 0.0811. The van der Waals surface area contributed by atoms with Gasteiger partial charge in [-0.15, -0.1) is 11.3 Å². The molecule has 9 nitrogen and oxygen atoms in total. The van der Waals surface area contributed by atoms with Crippen LogP contribution in [0.3, 0.4) is 0 Å². The Hall–Kier alpha value is -6.00. The topological polar surface area (TPSA) is 127 Å². The normalized spacial score (nSPS) is 13.2. The Labute approximate surface area is 273 Å². The van der Waals surface area contributed by atoms with Gasteiger partial charge in [-0.05, 0) is 84.5 Å². The molecule has 2 N–H and O–H groups in total. The maximum Gasteiger partial charge on any atom is 0.269 e. The third-order valence-electron chi connectivity index (χ3n) is 8.04. The predicted octanol–water partition coefficient (Wildman–Crippen LogP) is 8.65. The number of nitrogens with zero attached hydrogens (tertiary/aromatic N) is 3. The number of thiazole rings is 1. The van der Waals surface area contributed by atoms with E-state index in [4.69, 9.17) is 9.97 Å². The van der Waals surface area contributed by atoms with E-state index in [0.29, 0.717) is 39.6 Å². The Balaban J connectivity index is 1.14. The molecule has 2 heterocycles. The molecule has 6 aromatic rings. The Bertz CT molecular complexity index is 2180. The standard InChI is InChI=1S/C37H27N5O4S/c43-35(25-7-2-1-3-8-25)38-27-17-15-24(16-18-27)32-22-47-37(40-32)41-36(44)33-29-10-4-5-12-31(29)39-34-26(9-6-11-30(33)34)21-23-13-19-28(20-14-23)42(45)46/h1-5,7-8,10,12-22H,6,9,11H2,(H,38,43)(H,40,41,44)/b26-21-. The van der Waals surface area contributed by atoms with Gasteiger partial charge in [0.15, 0.2) is 5.13 Å².